The Kier molecular flexibility index (Phi) is 5.66. The van der Waals surface area contributed by atoms with E-state index in [1.165, 1.54) is 17.4 Å². The molecule has 1 heterocycles. The number of benzene rings is 1. The zero-order valence-electron chi connectivity index (χ0n) is 13.1. The zero-order valence-corrected chi connectivity index (χ0v) is 13.9. The first-order valence-corrected chi connectivity index (χ1v) is 8.15. The number of aryl methyl sites for hydroxylation is 1. The summed E-state index contributed by atoms with van der Waals surface area (Å²) in [5.41, 5.74) is 1.13. The number of ketones is 1. The van der Waals surface area contributed by atoms with Crippen LogP contribution in [0.2, 0.25) is 0 Å². The number of ether oxygens (including phenoxy) is 1. The Morgan fingerprint density at radius 2 is 2.14 bits per heavy atom. The maximum atomic E-state index is 13.8. The van der Waals surface area contributed by atoms with Crippen molar-refractivity contribution in [3.8, 4) is 5.75 Å². The number of hydrogen-bond donors (Lipinski definition) is 0. The van der Waals surface area contributed by atoms with E-state index in [0.29, 0.717) is 29.4 Å². The van der Waals surface area contributed by atoms with Crippen molar-refractivity contribution in [2.75, 3.05) is 6.61 Å². The molecule has 0 N–H and O–H groups in total. The summed E-state index contributed by atoms with van der Waals surface area (Å²) in [6.07, 6.45) is 2.11. The minimum absolute atomic E-state index is 0.00704. The first-order chi connectivity index (χ1) is 10.5. The predicted molar refractivity (Wildman–Crippen MR) is 86.0 cm³/mol. The van der Waals surface area contributed by atoms with Crippen molar-refractivity contribution in [3.05, 3.63) is 45.7 Å². The molecule has 0 aliphatic rings. The third kappa shape index (κ3) is 4.63. The molecule has 0 unspecified atom stereocenters. The number of halogens is 1. The van der Waals surface area contributed by atoms with Crippen LogP contribution in [0.3, 0.4) is 0 Å². The normalized spacial score (nSPS) is 11.0. The van der Waals surface area contributed by atoms with Gasteiger partial charge in [0, 0.05) is 23.6 Å². The van der Waals surface area contributed by atoms with Crippen LogP contribution in [0.15, 0.2) is 23.7 Å². The molecule has 0 fully saturated rings. The summed E-state index contributed by atoms with van der Waals surface area (Å²) in [6.45, 7) is 6.32. The molecular weight excluding hydrogens is 301 g/mol. The maximum Gasteiger partial charge on any atom is 0.144 e. The molecule has 0 aliphatic heterocycles. The third-order valence-electron chi connectivity index (χ3n) is 3.13. The highest BCUT2D eigenvalue weighted by molar-refractivity contribution is 7.09. The number of aromatic nitrogens is 1. The number of thiazole rings is 1. The van der Waals surface area contributed by atoms with Gasteiger partial charge in [-0.05, 0) is 30.5 Å². The summed E-state index contributed by atoms with van der Waals surface area (Å²) >= 11 is 1.45. The van der Waals surface area contributed by atoms with Crippen LogP contribution in [0.4, 0.5) is 4.39 Å². The van der Waals surface area contributed by atoms with Crippen molar-refractivity contribution in [2.24, 2.45) is 5.92 Å². The number of Topliss-reactive ketones (excluding diaryl/α,β-unsaturated/α-hetero) is 1. The predicted octanol–water partition coefficient (Wildman–Crippen LogP) is 3.98. The SMILES string of the molecule is Cc1cc(OCC(C)C)c(CC(=O)Cc2nccs2)cc1F. The van der Waals surface area contributed by atoms with Gasteiger partial charge in [-0.15, -0.1) is 11.3 Å². The van der Waals surface area contributed by atoms with E-state index in [9.17, 15) is 9.18 Å². The lowest BCUT2D eigenvalue weighted by Crippen LogP contribution is -2.11. The summed E-state index contributed by atoms with van der Waals surface area (Å²) in [5, 5.41) is 2.62. The molecule has 0 radical (unpaired) electrons. The van der Waals surface area contributed by atoms with Crippen LogP contribution in [0.5, 0.6) is 5.75 Å². The van der Waals surface area contributed by atoms with E-state index in [2.05, 4.69) is 4.98 Å². The van der Waals surface area contributed by atoms with Crippen LogP contribution in [-0.2, 0) is 17.6 Å². The van der Waals surface area contributed by atoms with E-state index >= 15 is 0 Å². The summed E-state index contributed by atoms with van der Waals surface area (Å²) < 4.78 is 19.5. The van der Waals surface area contributed by atoms with Gasteiger partial charge in [-0.25, -0.2) is 9.37 Å². The second-order valence-corrected chi connectivity index (χ2v) is 6.71. The Bertz CT molecular complexity index is 638. The molecule has 5 heteroatoms. The molecule has 2 rings (SSSR count). The number of nitrogens with zero attached hydrogens (tertiary/aromatic N) is 1. The Hall–Kier alpha value is -1.75. The van der Waals surface area contributed by atoms with Crippen molar-refractivity contribution in [1.29, 1.82) is 0 Å². The highest BCUT2D eigenvalue weighted by Crippen LogP contribution is 2.24. The van der Waals surface area contributed by atoms with Crippen molar-refractivity contribution in [1.82, 2.24) is 4.98 Å². The molecule has 0 saturated carbocycles. The molecule has 0 atom stereocenters. The lowest BCUT2D eigenvalue weighted by Gasteiger charge is -2.14. The summed E-state index contributed by atoms with van der Waals surface area (Å²) in [6, 6.07) is 3.08. The Labute approximate surface area is 134 Å². The van der Waals surface area contributed by atoms with Gasteiger partial charge in [0.15, 0.2) is 0 Å². The van der Waals surface area contributed by atoms with Crippen LogP contribution in [0.1, 0.15) is 30.0 Å². The van der Waals surface area contributed by atoms with Gasteiger partial charge in [-0.3, -0.25) is 4.79 Å². The molecule has 0 aliphatic carbocycles. The van der Waals surface area contributed by atoms with Crippen LogP contribution in [0.25, 0.3) is 0 Å². The highest BCUT2D eigenvalue weighted by Gasteiger charge is 2.14. The largest absolute Gasteiger partial charge is 0.493 e. The average Bonchev–Trinajstić information content (AvgIpc) is 2.93. The van der Waals surface area contributed by atoms with Gasteiger partial charge in [-0.1, -0.05) is 13.8 Å². The average molecular weight is 321 g/mol. The molecule has 0 amide bonds. The van der Waals surface area contributed by atoms with Gasteiger partial charge in [0.25, 0.3) is 0 Å². The second-order valence-electron chi connectivity index (χ2n) is 5.73. The molecule has 22 heavy (non-hydrogen) atoms. The van der Waals surface area contributed by atoms with E-state index in [1.54, 1.807) is 19.2 Å². The topological polar surface area (TPSA) is 39.2 Å². The number of rotatable bonds is 7. The first-order valence-electron chi connectivity index (χ1n) is 7.27. The molecular formula is C17H20FNO2S. The smallest absolute Gasteiger partial charge is 0.144 e. The van der Waals surface area contributed by atoms with Crippen LogP contribution >= 0.6 is 11.3 Å². The van der Waals surface area contributed by atoms with Crippen molar-refractivity contribution >= 4 is 17.1 Å². The van der Waals surface area contributed by atoms with Crippen LogP contribution in [-0.4, -0.2) is 17.4 Å². The molecule has 1 aromatic carbocycles. The Morgan fingerprint density at radius 1 is 1.36 bits per heavy atom. The summed E-state index contributed by atoms with van der Waals surface area (Å²) in [7, 11) is 0. The zero-order chi connectivity index (χ0) is 16.1. The molecule has 0 spiro atoms. The Balaban J connectivity index is 2.13. The summed E-state index contributed by atoms with van der Waals surface area (Å²) in [4.78, 5) is 16.3. The monoisotopic (exact) mass is 321 g/mol. The van der Waals surface area contributed by atoms with E-state index in [0.717, 1.165) is 5.01 Å². The number of carbonyl (C=O) groups excluding carboxylic acids is 1. The minimum atomic E-state index is -0.311. The summed E-state index contributed by atoms with van der Waals surface area (Å²) in [5.74, 6) is 0.658. The molecule has 3 nitrogen and oxygen atoms in total. The van der Waals surface area contributed by atoms with E-state index in [-0.39, 0.29) is 24.4 Å². The maximum absolute atomic E-state index is 13.8. The minimum Gasteiger partial charge on any atom is -0.493 e. The first kappa shape index (κ1) is 16.6. The van der Waals surface area contributed by atoms with Gasteiger partial charge in [0.05, 0.1) is 18.0 Å². The molecule has 1 aromatic heterocycles. The van der Waals surface area contributed by atoms with Crippen molar-refractivity contribution < 1.29 is 13.9 Å². The molecule has 0 saturated heterocycles. The van der Waals surface area contributed by atoms with E-state index in [4.69, 9.17) is 4.74 Å². The fourth-order valence-electron chi connectivity index (χ4n) is 2.01. The van der Waals surface area contributed by atoms with Gasteiger partial charge in [-0.2, -0.15) is 0 Å². The fraction of sp³-hybridized carbons (Fsp3) is 0.412. The van der Waals surface area contributed by atoms with Gasteiger partial charge in [0.1, 0.15) is 17.3 Å². The number of hydrogen-bond acceptors (Lipinski definition) is 4. The van der Waals surface area contributed by atoms with E-state index in [1.807, 2.05) is 19.2 Å². The Morgan fingerprint density at radius 3 is 2.77 bits per heavy atom. The van der Waals surface area contributed by atoms with Crippen molar-refractivity contribution in [3.63, 3.8) is 0 Å². The molecule has 2 aromatic rings. The van der Waals surface area contributed by atoms with E-state index < -0.39 is 0 Å². The quantitative estimate of drug-likeness (QED) is 0.774. The number of carbonyl (C=O) groups is 1. The lowest BCUT2D eigenvalue weighted by atomic mass is 10.0. The fourth-order valence-corrected chi connectivity index (χ4v) is 2.65. The standard InChI is InChI=1S/C17H20FNO2S/c1-11(2)10-21-16-6-12(3)15(18)8-13(16)7-14(20)9-17-19-4-5-22-17/h4-6,8,11H,7,9-10H2,1-3H3. The van der Waals surface area contributed by atoms with Crippen molar-refractivity contribution in [2.45, 2.75) is 33.6 Å². The third-order valence-corrected chi connectivity index (χ3v) is 3.91. The molecule has 0 bridgehead atoms. The lowest BCUT2D eigenvalue weighted by molar-refractivity contribution is -0.117. The highest BCUT2D eigenvalue weighted by atomic mass is 32.1. The van der Waals surface area contributed by atoms with Gasteiger partial charge in [0.2, 0.25) is 0 Å². The molecule has 118 valence electrons. The van der Waals surface area contributed by atoms with Crippen LogP contribution in [0, 0.1) is 18.7 Å². The van der Waals surface area contributed by atoms with Gasteiger partial charge >= 0.3 is 0 Å². The second kappa shape index (κ2) is 7.49. The van der Waals surface area contributed by atoms with Gasteiger partial charge < -0.3 is 4.74 Å². The van der Waals surface area contributed by atoms with Crippen LogP contribution < -0.4 is 4.74 Å².